The summed E-state index contributed by atoms with van der Waals surface area (Å²) < 4.78 is 19.0. The summed E-state index contributed by atoms with van der Waals surface area (Å²) >= 11 is 0. The highest BCUT2D eigenvalue weighted by atomic mass is 28.4. The predicted molar refractivity (Wildman–Crippen MR) is 124 cm³/mol. The first-order valence-corrected chi connectivity index (χ1v) is 16.0. The fourth-order valence-electron chi connectivity index (χ4n) is 8.69. The molecule has 3 saturated carbocycles. The fraction of sp³-hybridized carbons (Fsp3) is 0.885. The average molecular weight is 447 g/mol. The molecule has 4 fully saturated rings. The molecule has 174 valence electrons. The van der Waals surface area contributed by atoms with Crippen LogP contribution in [0.15, 0.2) is 11.6 Å². The number of allylic oxidation sites excluding steroid dienone is 1. The molecular formula is C26H42O4Si. The molecule has 0 bridgehead atoms. The van der Waals surface area contributed by atoms with Crippen molar-refractivity contribution in [3.8, 4) is 0 Å². The molecule has 1 heterocycles. The highest BCUT2D eigenvalue weighted by Gasteiger charge is 2.67. The van der Waals surface area contributed by atoms with Gasteiger partial charge in [0.25, 0.3) is 0 Å². The van der Waals surface area contributed by atoms with E-state index in [4.69, 9.17) is 13.9 Å². The maximum atomic E-state index is 13.2. The summed E-state index contributed by atoms with van der Waals surface area (Å²) in [7, 11) is -1.85. The molecule has 5 heteroatoms. The Morgan fingerprint density at radius 1 is 1.03 bits per heavy atom. The lowest BCUT2D eigenvalue weighted by atomic mass is 9.46. The van der Waals surface area contributed by atoms with Crippen LogP contribution in [0.4, 0.5) is 0 Å². The Labute approximate surface area is 189 Å². The molecule has 1 saturated heterocycles. The van der Waals surface area contributed by atoms with Gasteiger partial charge < -0.3 is 13.9 Å². The average Bonchev–Trinajstić information content (AvgIpc) is 3.25. The van der Waals surface area contributed by atoms with Crippen LogP contribution in [0.1, 0.15) is 72.1 Å². The number of hydrogen-bond donors (Lipinski definition) is 0. The van der Waals surface area contributed by atoms with Gasteiger partial charge in [0.1, 0.15) is 5.60 Å². The number of ketones is 1. The lowest BCUT2D eigenvalue weighted by Gasteiger charge is -2.60. The lowest BCUT2D eigenvalue weighted by Crippen LogP contribution is -2.60. The molecule has 31 heavy (non-hydrogen) atoms. The van der Waals surface area contributed by atoms with E-state index >= 15 is 0 Å². The van der Waals surface area contributed by atoms with Crippen LogP contribution in [-0.4, -0.2) is 38.7 Å². The molecule has 0 N–H and O–H groups in total. The van der Waals surface area contributed by atoms with E-state index in [2.05, 4.69) is 39.6 Å². The highest BCUT2D eigenvalue weighted by molar-refractivity contribution is 6.70. The van der Waals surface area contributed by atoms with Gasteiger partial charge in [-0.1, -0.05) is 25.5 Å². The van der Waals surface area contributed by atoms with E-state index in [0.29, 0.717) is 17.8 Å². The standard InChI is InChI=1S/C26H42O4Si/c1-18(27)26(30-31(4,5)6)12-10-22-20-8-7-19-17-25(28-15-16-29-25)14-13-23(19,2)21(20)9-11-24(22,26)3/h7,20-22H,8-17H2,1-6H3. The second-order valence-electron chi connectivity index (χ2n) is 12.6. The van der Waals surface area contributed by atoms with Gasteiger partial charge in [0.15, 0.2) is 19.9 Å². The monoisotopic (exact) mass is 446 g/mol. The van der Waals surface area contributed by atoms with Crippen molar-refractivity contribution in [2.24, 2.45) is 28.6 Å². The second-order valence-corrected chi connectivity index (χ2v) is 17.1. The van der Waals surface area contributed by atoms with Crippen molar-refractivity contribution >= 4 is 14.1 Å². The molecule has 4 nitrogen and oxygen atoms in total. The maximum absolute atomic E-state index is 13.2. The molecular weight excluding hydrogens is 404 g/mol. The quantitative estimate of drug-likeness (QED) is 0.402. The molecule has 1 aliphatic heterocycles. The largest absolute Gasteiger partial charge is 0.405 e. The van der Waals surface area contributed by atoms with Gasteiger partial charge in [-0.2, -0.15) is 0 Å². The van der Waals surface area contributed by atoms with Crippen molar-refractivity contribution < 1.29 is 18.7 Å². The van der Waals surface area contributed by atoms with Gasteiger partial charge in [0, 0.05) is 18.3 Å². The van der Waals surface area contributed by atoms with E-state index in [9.17, 15) is 4.79 Å². The number of carbonyl (C=O) groups excluding carboxylic acids is 1. The van der Waals surface area contributed by atoms with Crippen molar-refractivity contribution in [2.75, 3.05) is 13.2 Å². The summed E-state index contributed by atoms with van der Waals surface area (Å²) in [5, 5.41) is 0. The van der Waals surface area contributed by atoms with Gasteiger partial charge in [0.2, 0.25) is 0 Å². The van der Waals surface area contributed by atoms with Crippen LogP contribution in [0.2, 0.25) is 19.6 Å². The highest BCUT2D eigenvalue weighted by Crippen LogP contribution is 2.69. The molecule has 6 unspecified atom stereocenters. The number of carbonyl (C=O) groups is 1. The van der Waals surface area contributed by atoms with E-state index in [1.807, 2.05) is 0 Å². The van der Waals surface area contributed by atoms with E-state index in [0.717, 1.165) is 58.2 Å². The molecule has 0 aromatic rings. The van der Waals surface area contributed by atoms with Crippen LogP contribution in [0.3, 0.4) is 0 Å². The summed E-state index contributed by atoms with van der Waals surface area (Å²) in [6, 6.07) is 0. The third-order valence-electron chi connectivity index (χ3n) is 10.1. The summed E-state index contributed by atoms with van der Waals surface area (Å²) in [6.45, 7) is 14.9. The Morgan fingerprint density at radius 3 is 2.35 bits per heavy atom. The van der Waals surface area contributed by atoms with Crippen molar-refractivity contribution in [2.45, 2.75) is 103 Å². The molecule has 0 radical (unpaired) electrons. The number of hydrogen-bond acceptors (Lipinski definition) is 4. The summed E-state index contributed by atoms with van der Waals surface area (Å²) in [4.78, 5) is 13.2. The zero-order valence-electron chi connectivity index (χ0n) is 20.5. The maximum Gasteiger partial charge on any atom is 0.185 e. The number of rotatable bonds is 3. The molecule has 0 aromatic carbocycles. The first-order chi connectivity index (χ1) is 14.4. The fourth-order valence-corrected chi connectivity index (χ4v) is 10.2. The topological polar surface area (TPSA) is 44.8 Å². The van der Waals surface area contributed by atoms with Crippen LogP contribution in [-0.2, 0) is 18.7 Å². The minimum absolute atomic E-state index is 0.0322. The van der Waals surface area contributed by atoms with Crippen molar-refractivity contribution in [3.63, 3.8) is 0 Å². The van der Waals surface area contributed by atoms with Crippen LogP contribution >= 0.6 is 0 Å². The van der Waals surface area contributed by atoms with Crippen LogP contribution in [0, 0.1) is 28.6 Å². The Hall–Kier alpha value is -0.493. The van der Waals surface area contributed by atoms with Gasteiger partial charge in [-0.05, 0) is 88.3 Å². The third-order valence-corrected chi connectivity index (χ3v) is 11.1. The Balaban J connectivity index is 1.46. The lowest BCUT2D eigenvalue weighted by molar-refractivity contribution is -0.187. The molecule has 6 atom stereocenters. The summed E-state index contributed by atoms with van der Waals surface area (Å²) in [5.74, 6) is 1.88. The molecule has 0 amide bonds. The van der Waals surface area contributed by atoms with Gasteiger partial charge in [-0.3, -0.25) is 4.79 Å². The SMILES string of the molecule is CC(=O)C1(O[Si](C)(C)C)CCC2C3CC=C4CC5(CCC4(C)C3CCC21C)OCCO5. The Bertz CT molecular complexity index is 794. The zero-order chi connectivity index (χ0) is 22.3. The predicted octanol–water partition coefficient (Wildman–Crippen LogP) is 5.87. The van der Waals surface area contributed by atoms with E-state index in [-0.39, 0.29) is 22.4 Å². The van der Waals surface area contributed by atoms with Gasteiger partial charge in [-0.15, -0.1) is 0 Å². The smallest absolute Gasteiger partial charge is 0.185 e. The number of fused-ring (bicyclic) bond motifs is 5. The van der Waals surface area contributed by atoms with E-state index in [1.54, 1.807) is 12.5 Å². The van der Waals surface area contributed by atoms with Crippen LogP contribution in [0.5, 0.6) is 0 Å². The molecule has 5 rings (SSSR count). The molecule has 1 spiro atoms. The van der Waals surface area contributed by atoms with Gasteiger partial charge >= 0.3 is 0 Å². The zero-order valence-corrected chi connectivity index (χ0v) is 21.5. The number of Topliss-reactive ketones (excluding diaryl/α,β-unsaturated/α-hetero) is 1. The third kappa shape index (κ3) is 3.13. The number of ether oxygens (including phenoxy) is 2. The molecule has 0 aromatic heterocycles. The summed E-state index contributed by atoms with van der Waals surface area (Å²) in [5.41, 5.74) is 1.24. The second kappa shape index (κ2) is 7.01. The first-order valence-electron chi connectivity index (χ1n) is 12.6. The Kier molecular flexibility index (Phi) is 5.04. The normalized spacial score (nSPS) is 46.3. The minimum Gasteiger partial charge on any atom is -0.405 e. The van der Waals surface area contributed by atoms with Gasteiger partial charge in [-0.25, -0.2) is 0 Å². The van der Waals surface area contributed by atoms with Crippen molar-refractivity contribution in [1.29, 1.82) is 0 Å². The molecule has 5 aliphatic rings. The van der Waals surface area contributed by atoms with E-state index in [1.165, 1.54) is 6.42 Å². The first kappa shape index (κ1) is 22.3. The van der Waals surface area contributed by atoms with Crippen LogP contribution in [0.25, 0.3) is 0 Å². The molecule has 4 aliphatic carbocycles. The summed E-state index contributed by atoms with van der Waals surface area (Å²) in [6.07, 6.45) is 11.2. The van der Waals surface area contributed by atoms with Crippen LogP contribution < -0.4 is 0 Å². The van der Waals surface area contributed by atoms with Crippen molar-refractivity contribution in [3.05, 3.63) is 11.6 Å². The van der Waals surface area contributed by atoms with Gasteiger partial charge in [0.05, 0.1) is 13.2 Å². The van der Waals surface area contributed by atoms with E-state index < -0.39 is 13.9 Å². The minimum atomic E-state index is -1.85. The Morgan fingerprint density at radius 2 is 1.71 bits per heavy atom. The van der Waals surface area contributed by atoms with Crippen molar-refractivity contribution in [1.82, 2.24) is 0 Å².